The Hall–Kier alpha value is -1.57. The number of rotatable bonds is 4. The summed E-state index contributed by atoms with van der Waals surface area (Å²) in [6, 6.07) is 8.88. The van der Waals surface area contributed by atoms with Crippen molar-refractivity contribution in [1.29, 1.82) is 0 Å². The summed E-state index contributed by atoms with van der Waals surface area (Å²) in [4.78, 5) is 4.71. The Morgan fingerprint density at radius 1 is 1.16 bits per heavy atom. The van der Waals surface area contributed by atoms with Gasteiger partial charge in [-0.25, -0.2) is 4.98 Å². The molecule has 0 saturated heterocycles. The van der Waals surface area contributed by atoms with E-state index >= 15 is 0 Å². The molecule has 0 saturated carbocycles. The quantitative estimate of drug-likeness (QED) is 0.812. The number of aryl methyl sites for hydroxylation is 1. The van der Waals surface area contributed by atoms with E-state index < -0.39 is 0 Å². The van der Waals surface area contributed by atoms with Gasteiger partial charge < -0.3 is 4.57 Å². The first-order valence-corrected chi connectivity index (χ1v) is 7.36. The molecule has 1 aromatic heterocycles. The van der Waals surface area contributed by atoms with Gasteiger partial charge in [0.1, 0.15) is 0 Å². The Morgan fingerprint density at radius 3 is 2.37 bits per heavy atom. The number of benzene rings is 1. The molecule has 2 nitrogen and oxygen atoms in total. The predicted molar refractivity (Wildman–Crippen MR) is 78.3 cm³/mol. The maximum Gasteiger partial charge on any atom is 0.0949 e. The van der Waals surface area contributed by atoms with Gasteiger partial charge in [0.05, 0.1) is 12.0 Å². The Balaban J connectivity index is 1.98. The van der Waals surface area contributed by atoms with E-state index in [1.54, 1.807) is 0 Å². The molecule has 1 heterocycles. The summed E-state index contributed by atoms with van der Waals surface area (Å²) < 4.78 is 2.19. The minimum absolute atomic E-state index is 0.235. The number of nitrogens with zero attached hydrogens (tertiary/aromatic N) is 2. The summed E-state index contributed by atoms with van der Waals surface area (Å²) in [6.07, 6.45) is 8.97. The molecule has 0 unspecified atom stereocenters. The molecule has 1 aliphatic rings. The summed E-state index contributed by atoms with van der Waals surface area (Å²) in [5, 5.41) is 0. The highest BCUT2D eigenvalue weighted by molar-refractivity contribution is 5.39. The van der Waals surface area contributed by atoms with Gasteiger partial charge in [0.25, 0.3) is 0 Å². The van der Waals surface area contributed by atoms with Gasteiger partial charge in [-0.2, -0.15) is 0 Å². The Bertz CT molecular complexity index is 543. The molecule has 0 spiro atoms. The molecule has 0 atom stereocenters. The SMILES string of the molecule is CCCC1(c2cn(CC)cn2)Cc2ccccc2C1. The third-order valence-corrected chi connectivity index (χ3v) is 4.45. The van der Waals surface area contributed by atoms with Gasteiger partial charge in [-0.1, -0.05) is 37.6 Å². The molecule has 2 aromatic rings. The lowest BCUT2D eigenvalue weighted by molar-refractivity contribution is 0.399. The molecule has 1 aliphatic carbocycles. The van der Waals surface area contributed by atoms with Gasteiger partial charge in [-0.05, 0) is 37.3 Å². The van der Waals surface area contributed by atoms with Crippen LogP contribution in [0.2, 0.25) is 0 Å². The third kappa shape index (κ3) is 2.09. The minimum atomic E-state index is 0.235. The fourth-order valence-electron chi connectivity index (χ4n) is 3.47. The van der Waals surface area contributed by atoms with Crippen molar-refractivity contribution in [2.24, 2.45) is 0 Å². The smallest absolute Gasteiger partial charge is 0.0949 e. The largest absolute Gasteiger partial charge is 0.337 e. The Labute approximate surface area is 115 Å². The van der Waals surface area contributed by atoms with E-state index in [4.69, 9.17) is 4.98 Å². The molecular formula is C17H22N2. The van der Waals surface area contributed by atoms with Crippen LogP contribution in [-0.2, 0) is 24.8 Å². The van der Waals surface area contributed by atoms with Crippen molar-refractivity contribution in [3.63, 3.8) is 0 Å². The number of aromatic nitrogens is 2. The van der Waals surface area contributed by atoms with E-state index in [2.05, 4.69) is 48.9 Å². The van der Waals surface area contributed by atoms with Crippen molar-refractivity contribution in [2.45, 2.75) is 51.5 Å². The monoisotopic (exact) mass is 254 g/mol. The second-order valence-corrected chi connectivity index (χ2v) is 5.74. The van der Waals surface area contributed by atoms with Crippen LogP contribution in [0.15, 0.2) is 36.8 Å². The Morgan fingerprint density at radius 2 is 1.84 bits per heavy atom. The first kappa shape index (κ1) is 12.5. The summed E-state index contributed by atoms with van der Waals surface area (Å²) in [5.74, 6) is 0. The fraction of sp³-hybridized carbons (Fsp3) is 0.471. The lowest BCUT2D eigenvalue weighted by Crippen LogP contribution is -2.27. The molecule has 100 valence electrons. The van der Waals surface area contributed by atoms with Gasteiger partial charge in [0.15, 0.2) is 0 Å². The van der Waals surface area contributed by atoms with E-state index in [1.165, 1.54) is 29.7 Å². The number of hydrogen-bond donors (Lipinski definition) is 0. The average molecular weight is 254 g/mol. The van der Waals surface area contributed by atoms with Crippen LogP contribution in [0.5, 0.6) is 0 Å². The average Bonchev–Trinajstić information content (AvgIpc) is 3.03. The Kier molecular flexibility index (Phi) is 3.17. The molecule has 3 rings (SSSR count). The maximum atomic E-state index is 4.71. The van der Waals surface area contributed by atoms with Crippen LogP contribution in [-0.4, -0.2) is 9.55 Å². The van der Waals surface area contributed by atoms with E-state index in [9.17, 15) is 0 Å². The van der Waals surface area contributed by atoms with Crippen molar-refractivity contribution < 1.29 is 0 Å². The molecule has 0 aliphatic heterocycles. The zero-order valence-corrected chi connectivity index (χ0v) is 11.9. The topological polar surface area (TPSA) is 17.8 Å². The summed E-state index contributed by atoms with van der Waals surface area (Å²) in [6.45, 7) is 5.45. The van der Waals surface area contributed by atoms with E-state index in [0.29, 0.717) is 0 Å². The zero-order valence-electron chi connectivity index (χ0n) is 11.9. The van der Waals surface area contributed by atoms with Gasteiger partial charge in [-0.3, -0.25) is 0 Å². The van der Waals surface area contributed by atoms with Crippen molar-refractivity contribution in [3.8, 4) is 0 Å². The fourth-order valence-corrected chi connectivity index (χ4v) is 3.47. The summed E-state index contributed by atoms with van der Waals surface area (Å²) >= 11 is 0. The first-order chi connectivity index (χ1) is 9.27. The standard InChI is InChI=1S/C17H22N2/c1-3-9-17(16-12-19(4-2)13-18-16)10-14-7-5-6-8-15(14)11-17/h5-8,12-13H,3-4,9-11H2,1-2H3. The molecule has 0 amide bonds. The van der Waals surface area contributed by atoms with Crippen LogP contribution in [0, 0.1) is 0 Å². The second-order valence-electron chi connectivity index (χ2n) is 5.74. The molecule has 0 bridgehead atoms. The van der Waals surface area contributed by atoms with E-state index in [0.717, 1.165) is 19.4 Å². The number of hydrogen-bond acceptors (Lipinski definition) is 1. The van der Waals surface area contributed by atoms with Gasteiger partial charge in [-0.15, -0.1) is 0 Å². The number of fused-ring (bicyclic) bond motifs is 1. The van der Waals surface area contributed by atoms with E-state index in [-0.39, 0.29) is 5.41 Å². The van der Waals surface area contributed by atoms with Gasteiger partial charge in [0, 0.05) is 18.2 Å². The van der Waals surface area contributed by atoms with Crippen molar-refractivity contribution in [2.75, 3.05) is 0 Å². The lowest BCUT2D eigenvalue weighted by Gasteiger charge is -2.26. The summed E-state index contributed by atoms with van der Waals surface area (Å²) in [7, 11) is 0. The normalized spacial score (nSPS) is 16.5. The third-order valence-electron chi connectivity index (χ3n) is 4.45. The highest BCUT2D eigenvalue weighted by Crippen LogP contribution is 2.42. The second kappa shape index (κ2) is 4.84. The highest BCUT2D eigenvalue weighted by atomic mass is 15.0. The lowest BCUT2D eigenvalue weighted by atomic mass is 9.78. The predicted octanol–water partition coefficient (Wildman–Crippen LogP) is 3.74. The van der Waals surface area contributed by atoms with Crippen LogP contribution in [0.1, 0.15) is 43.5 Å². The van der Waals surface area contributed by atoms with Crippen LogP contribution in [0.4, 0.5) is 0 Å². The van der Waals surface area contributed by atoms with Crippen LogP contribution in [0.3, 0.4) is 0 Å². The molecule has 0 N–H and O–H groups in total. The molecule has 1 aromatic carbocycles. The van der Waals surface area contributed by atoms with Crippen molar-refractivity contribution in [3.05, 3.63) is 53.6 Å². The highest BCUT2D eigenvalue weighted by Gasteiger charge is 2.39. The van der Waals surface area contributed by atoms with Crippen LogP contribution >= 0.6 is 0 Å². The van der Waals surface area contributed by atoms with Gasteiger partial charge >= 0.3 is 0 Å². The van der Waals surface area contributed by atoms with Crippen LogP contribution in [0.25, 0.3) is 0 Å². The van der Waals surface area contributed by atoms with Crippen LogP contribution < -0.4 is 0 Å². The zero-order chi connectivity index (χ0) is 13.3. The van der Waals surface area contributed by atoms with Gasteiger partial charge in [0.2, 0.25) is 0 Å². The molecule has 19 heavy (non-hydrogen) atoms. The first-order valence-electron chi connectivity index (χ1n) is 7.36. The number of imidazole rings is 1. The molecule has 0 radical (unpaired) electrons. The summed E-state index contributed by atoms with van der Waals surface area (Å²) in [5.41, 5.74) is 4.55. The minimum Gasteiger partial charge on any atom is -0.337 e. The molecular weight excluding hydrogens is 232 g/mol. The molecule has 2 heteroatoms. The van der Waals surface area contributed by atoms with E-state index in [1.807, 2.05) is 6.33 Å². The van der Waals surface area contributed by atoms with Crippen molar-refractivity contribution >= 4 is 0 Å². The maximum absolute atomic E-state index is 4.71. The molecule has 0 fully saturated rings. The van der Waals surface area contributed by atoms with Crippen molar-refractivity contribution in [1.82, 2.24) is 9.55 Å².